The van der Waals surface area contributed by atoms with Crippen LogP contribution in [0.25, 0.3) is 17.0 Å². The van der Waals surface area contributed by atoms with Crippen molar-refractivity contribution in [2.75, 3.05) is 6.61 Å². The Balaban J connectivity index is 1.30. The molecule has 186 valence electrons. The zero-order valence-corrected chi connectivity index (χ0v) is 19.6. The van der Waals surface area contributed by atoms with Gasteiger partial charge in [-0.25, -0.2) is 5.01 Å². The van der Waals surface area contributed by atoms with Crippen molar-refractivity contribution in [3.05, 3.63) is 94.5 Å². The summed E-state index contributed by atoms with van der Waals surface area (Å²) in [4.78, 5) is 28.7. The Morgan fingerprint density at radius 2 is 2.03 bits per heavy atom. The monoisotopic (exact) mass is 498 g/mol. The number of aromatic nitrogens is 1. The minimum Gasteiger partial charge on any atom is -0.481 e. The molecule has 0 saturated heterocycles. The third-order valence-corrected chi connectivity index (χ3v) is 6.71. The van der Waals surface area contributed by atoms with Crippen molar-refractivity contribution in [2.24, 2.45) is 11.0 Å². The van der Waals surface area contributed by atoms with E-state index >= 15 is 0 Å². The van der Waals surface area contributed by atoms with Crippen LogP contribution in [0.3, 0.4) is 0 Å². The SMILES string of the molecule is O=C(COc1ccc([N+](=O)[O-])c2cccnc12)N1N=C2C(=Cc3ccco3)CCCC2C1c1ccco1. The number of nitro groups is 1. The first-order chi connectivity index (χ1) is 18.1. The molecule has 0 radical (unpaired) electrons. The van der Waals surface area contributed by atoms with Crippen molar-refractivity contribution >= 4 is 34.3 Å². The molecule has 0 spiro atoms. The van der Waals surface area contributed by atoms with Crippen LogP contribution in [-0.4, -0.2) is 33.1 Å². The van der Waals surface area contributed by atoms with Gasteiger partial charge in [0, 0.05) is 18.2 Å². The number of ether oxygens (including phenoxy) is 1. The van der Waals surface area contributed by atoms with Gasteiger partial charge in [0.25, 0.3) is 11.6 Å². The third-order valence-electron chi connectivity index (χ3n) is 6.71. The smallest absolute Gasteiger partial charge is 0.281 e. The first kappa shape index (κ1) is 22.7. The molecule has 0 bridgehead atoms. The molecule has 1 fully saturated rings. The van der Waals surface area contributed by atoms with Crippen molar-refractivity contribution < 1.29 is 23.3 Å². The molecule has 4 heterocycles. The number of hydrazone groups is 1. The molecular weight excluding hydrogens is 476 g/mol. The van der Waals surface area contributed by atoms with Crippen molar-refractivity contribution in [1.29, 1.82) is 0 Å². The Morgan fingerprint density at radius 1 is 1.16 bits per heavy atom. The fourth-order valence-corrected chi connectivity index (χ4v) is 5.10. The van der Waals surface area contributed by atoms with E-state index in [9.17, 15) is 14.9 Å². The van der Waals surface area contributed by atoms with Crippen LogP contribution >= 0.6 is 0 Å². The lowest BCUT2D eigenvalue weighted by atomic mass is 9.79. The summed E-state index contributed by atoms with van der Waals surface area (Å²) in [6, 6.07) is 13.0. The van der Waals surface area contributed by atoms with Gasteiger partial charge in [0.15, 0.2) is 6.61 Å². The number of non-ortho nitro benzene ring substituents is 1. The molecule has 6 rings (SSSR count). The average Bonchev–Trinajstić information content (AvgIpc) is 3.68. The summed E-state index contributed by atoms with van der Waals surface area (Å²) in [7, 11) is 0. The van der Waals surface area contributed by atoms with Crippen molar-refractivity contribution in [3.63, 3.8) is 0 Å². The van der Waals surface area contributed by atoms with Gasteiger partial charge in [-0.2, -0.15) is 5.10 Å². The van der Waals surface area contributed by atoms with Crippen LogP contribution in [-0.2, 0) is 4.79 Å². The largest absolute Gasteiger partial charge is 0.481 e. The van der Waals surface area contributed by atoms with Crippen molar-refractivity contribution in [1.82, 2.24) is 9.99 Å². The predicted octanol–water partition coefficient (Wildman–Crippen LogP) is 5.53. The molecule has 1 amide bonds. The number of rotatable bonds is 6. The highest BCUT2D eigenvalue weighted by Crippen LogP contribution is 2.44. The van der Waals surface area contributed by atoms with Crippen molar-refractivity contribution in [3.8, 4) is 5.75 Å². The molecule has 0 N–H and O–H groups in total. The Hall–Kier alpha value is -4.73. The van der Waals surface area contributed by atoms with Gasteiger partial charge in [0.1, 0.15) is 28.8 Å². The summed E-state index contributed by atoms with van der Waals surface area (Å²) in [6.07, 6.45) is 9.36. The highest BCUT2D eigenvalue weighted by molar-refractivity contribution is 6.08. The molecule has 10 nitrogen and oxygen atoms in total. The first-order valence-electron chi connectivity index (χ1n) is 11.9. The van der Waals surface area contributed by atoms with Gasteiger partial charge in [-0.1, -0.05) is 0 Å². The van der Waals surface area contributed by atoms with E-state index < -0.39 is 11.0 Å². The summed E-state index contributed by atoms with van der Waals surface area (Å²) in [6.45, 7) is -0.318. The van der Waals surface area contributed by atoms with E-state index in [0.29, 0.717) is 16.7 Å². The molecule has 2 unspecified atom stereocenters. The molecule has 1 saturated carbocycles. The second kappa shape index (κ2) is 9.38. The third kappa shape index (κ3) is 4.16. The normalized spacial score (nSPS) is 20.2. The van der Waals surface area contributed by atoms with Crippen molar-refractivity contribution in [2.45, 2.75) is 25.3 Å². The molecule has 2 atom stereocenters. The predicted molar refractivity (Wildman–Crippen MR) is 134 cm³/mol. The summed E-state index contributed by atoms with van der Waals surface area (Å²) in [5.41, 5.74) is 2.12. The van der Waals surface area contributed by atoms with E-state index in [1.807, 2.05) is 24.3 Å². The lowest BCUT2D eigenvalue weighted by Gasteiger charge is -2.27. The van der Waals surface area contributed by atoms with Gasteiger partial charge in [0.2, 0.25) is 0 Å². The van der Waals surface area contributed by atoms with Crippen LogP contribution in [0.15, 0.2) is 86.8 Å². The van der Waals surface area contributed by atoms with Crippen LogP contribution in [0.5, 0.6) is 5.75 Å². The number of allylic oxidation sites excluding steroid dienone is 1. The Labute approximate surface area is 211 Å². The summed E-state index contributed by atoms with van der Waals surface area (Å²) < 4.78 is 17.1. The van der Waals surface area contributed by atoms with E-state index in [0.717, 1.165) is 36.3 Å². The van der Waals surface area contributed by atoms with Crippen LogP contribution in [0.2, 0.25) is 0 Å². The van der Waals surface area contributed by atoms with Gasteiger partial charge >= 0.3 is 0 Å². The lowest BCUT2D eigenvalue weighted by Crippen LogP contribution is -2.34. The number of carbonyl (C=O) groups excluding carboxylic acids is 1. The zero-order valence-electron chi connectivity index (χ0n) is 19.6. The minimum absolute atomic E-state index is 0.0214. The topological polar surface area (TPSA) is 124 Å². The zero-order chi connectivity index (χ0) is 25.4. The number of nitrogens with zero attached hydrogens (tertiary/aromatic N) is 4. The van der Waals surface area contributed by atoms with E-state index in [1.165, 1.54) is 23.3 Å². The highest BCUT2D eigenvalue weighted by Gasteiger charge is 2.45. The second-order valence-electron chi connectivity index (χ2n) is 8.90. The van der Waals surface area contributed by atoms with E-state index in [4.69, 9.17) is 18.7 Å². The number of hydrogen-bond donors (Lipinski definition) is 0. The van der Waals surface area contributed by atoms with Gasteiger partial charge in [-0.05, 0) is 73.4 Å². The molecule has 2 aliphatic rings. The molecule has 10 heteroatoms. The molecule has 1 aliphatic carbocycles. The number of pyridine rings is 1. The number of benzene rings is 1. The average molecular weight is 498 g/mol. The van der Waals surface area contributed by atoms with Gasteiger partial charge in [0.05, 0.1) is 28.5 Å². The second-order valence-corrected chi connectivity index (χ2v) is 8.90. The van der Waals surface area contributed by atoms with Crippen LogP contribution in [0, 0.1) is 16.0 Å². The quantitative estimate of drug-likeness (QED) is 0.253. The summed E-state index contributed by atoms with van der Waals surface area (Å²) >= 11 is 0. The Morgan fingerprint density at radius 3 is 2.81 bits per heavy atom. The van der Waals surface area contributed by atoms with Gasteiger partial charge in [-0.3, -0.25) is 19.9 Å². The number of hydrogen-bond acceptors (Lipinski definition) is 8. The van der Waals surface area contributed by atoms with E-state index in [-0.39, 0.29) is 29.9 Å². The summed E-state index contributed by atoms with van der Waals surface area (Å²) in [5, 5.41) is 18.0. The first-order valence-corrected chi connectivity index (χ1v) is 11.9. The number of fused-ring (bicyclic) bond motifs is 2. The molecule has 1 aliphatic heterocycles. The standard InChI is InChI=1S/C27H22N4O6/c32-24(16-37-22-11-10-21(31(33)34)19-8-2-12-28-26(19)22)30-27(23-9-4-14-36-23)20-7-1-5-17(25(20)29-30)15-18-6-3-13-35-18/h2-4,6,8-15,20,27H,1,5,7,16H2. The number of nitro benzene ring substituents is 1. The molecular formula is C27H22N4O6. The molecule has 3 aromatic heterocycles. The number of furan rings is 2. The Kier molecular flexibility index (Phi) is 5.76. The fraction of sp³-hybridized carbons (Fsp3) is 0.222. The van der Waals surface area contributed by atoms with Crippen LogP contribution in [0.1, 0.15) is 36.8 Å². The Bertz CT molecular complexity index is 1520. The fourth-order valence-electron chi connectivity index (χ4n) is 5.10. The minimum atomic E-state index is -0.469. The number of amides is 1. The maximum atomic E-state index is 13.5. The van der Waals surface area contributed by atoms with Crippen LogP contribution < -0.4 is 4.74 Å². The van der Waals surface area contributed by atoms with Crippen LogP contribution in [0.4, 0.5) is 5.69 Å². The maximum Gasteiger partial charge on any atom is 0.281 e. The highest BCUT2D eigenvalue weighted by atomic mass is 16.6. The molecule has 37 heavy (non-hydrogen) atoms. The molecule has 1 aromatic carbocycles. The lowest BCUT2D eigenvalue weighted by molar-refractivity contribution is -0.383. The maximum absolute atomic E-state index is 13.5. The summed E-state index contributed by atoms with van der Waals surface area (Å²) in [5.74, 6) is 1.29. The van der Waals surface area contributed by atoms with Gasteiger partial charge < -0.3 is 13.6 Å². The molecule has 4 aromatic rings. The van der Waals surface area contributed by atoms with E-state index in [1.54, 1.807) is 30.7 Å². The number of carbonyl (C=O) groups is 1. The van der Waals surface area contributed by atoms with E-state index in [2.05, 4.69) is 4.98 Å². The van der Waals surface area contributed by atoms with Gasteiger partial charge in [-0.15, -0.1) is 0 Å².